The highest BCUT2D eigenvalue weighted by molar-refractivity contribution is 7.13. The molecule has 3 heterocycles. The van der Waals surface area contributed by atoms with Crippen molar-refractivity contribution in [3.63, 3.8) is 0 Å². The van der Waals surface area contributed by atoms with Gasteiger partial charge in [-0.25, -0.2) is 4.98 Å². The smallest absolute Gasteiger partial charge is 0.333 e. The van der Waals surface area contributed by atoms with Crippen molar-refractivity contribution in [3.05, 3.63) is 97.8 Å². The van der Waals surface area contributed by atoms with Gasteiger partial charge in [0.2, 0.25) is 0 Å². The standard InChI is InChI=1S/C35H37F3N4O2S/c1-6-23-9-8-10-24(7-2)31(23)42-30(17-21(3)4)27(33(43)41-16-15-39-19-22(41)5)18-28(34(42)44)32-40-29(20-45-32)25-11-13-26(14-12-25)35(36,37)38/h8-14,17-18,20,22,39H,6-7,15-16,19H2,1-5H3/t22-/m0/s1. The molecule has 10 heteroatoms. The first-order valence-corrected chi connectivity index (χ1v) is 16.0. The summed E-state index contributed by atoms with van der Waals surface area (Å²) in [5.74, 6) is -0.168. The predicted molar refractivity (Wildman–Crippen MR) is 175 cm³/mol. The van der Waals surface area contributed by atoms with Crippen LogP contribution in [0.1, 0.15) is 67.4 Å². The predicted octanol–water partition coefficient (Wildman–Crippen LogP) is 7.63. The second-order valence-electron chi connectivity index (χ2n) is 11.5. The number of benzene rings is 2. The number of nitrogens with one attached hydrogen (secondary N) is 1. The van der Waals surface area contributed by atoms with Crippen molar-refractivity contribution in [3.8, 4) is 27.5 Å². The number of hydrogen-bond acceptors (Lipinski definition) is 5. The van der Waals surface area contributed by atoms with E-state index in [4.69, 9.17) is 4.98 Å². The second kappa shape index (κ2) is 13.1. The Balaban J connectivity index is 1.78. The molecule has 1 N–H and O–H groups in total. The number of alkyl halides is 3. The average molecular weight is 635 g/mol. The average Bonchev–Trinajstić information content (AvgIpc) is 3.50. The topological polar surface area (TPSA) is 67.2 Å². The maximum atomic E-state index is 14.7. The molecule has 1 saturated heterocycles. The number of piperazine rings is 1. The van der Waals surface area contributed by atoms with Crippen molar-refractivity contribution in [2.45, 2.75) is 59.7 Å². The van der Waals surface area contributed by atoms with E-state index in [9.17, 15) is 22.8 Å². The number of thiazole rings is 1. The fourth-order valence-corrected chi connectivity index (χ4v) is 6.59. The number of aryl methyl sites for hydroxylation is 2. The Kier molecular flexibility index (Phi) is 9.46. The number of pyridine rings is 1. The van der Waals surface area contributed by atoms with E-state index in [-0.39, 0.29) is 23.1 Å². The molecule has 0 spiro atoms. The van der Waals surface area contributed by atoms with E-state index < -0.39 is 11.7 Å². The molecule has 2 aromatic carbocycles. The number of amides is 1. The van der Waals surface area contributed by atoms with Crippen molar-refractivity contribution in [1.29, 1.82) is 0 Å². The molecular formula is C35H37F3N4O2S. The molecule has 1 amide bonds. The lowest BCUT2D eigenvalue weighted by Gasteiger charge is -2.34. The Morgan fingerprint density at radius 2 is 1.76 bits per heavy atom. The molecule has 0 radical (unpaired) electrons. The van der Waals surface area contributed by atoms with Crippen LogP contribution in [0.3, 0.4) is 0 Å². The number of carbonyl (C=O) groups is 1. The minimum Gasteiger partial charge on any atom is -0.333 e. The van der Waals surface area contributed by atoms with E-state index >= 15 is 0 Å². The fraction of sp³-hybridized carbons (Fsp3) is 0.343. The van der Waals surface area contributed by atoms with Gasteiger partial charge in [0.05, 0.1) is 33.8 Å². The van der Waals surface area contributed by atoms with Crippen LogP contribution in [0, 0.1) is 0 Å². The van der Waals surface area contributed by atoms with E-state index in [2.05, 4.69) is 5.32 Å². The monoisotopic (exact) mass is 634 g/mol. The van der Waals surface area contributed by atoms with Crippen LogP contribution in [0.2, 0.25) is 0 Å². The van der Waals surface area contributed by atoms with Gasteiger partial charge in [-0.05, 0) is 69.0 Å². The number of carbonyl (C=O) groups excluding carboxylic acids is 1. The Morgan fingerprint density at radius 1 is 1.09 bits per heavy atom. The molecule has 1 atom stereocenters. The molecule has 45 heavy (non-hydrogen) atoms. The first kappa shape index (κ1) is 32.4. The van der Waals surface area contributed by atoms with E-state index in [0.29, 0.717) is 60.0 Å². The maximum Gasteiger partial charge on any atom is 0.416 e. The van der Waals surface area contributed by atoms with Crippen molar-refractivity contribution >= 4 is 23.3 Å². The third kappa shape index (κ3) is 6.53. The minimum absolute atomic E-state index is 0.0464. The van der Waals surface area contributed by atoms with Gasteiger partial charge in [0.1, 0.15) is 5.01 Å². The number of rotatable bonds is 7. The number of aromatic nitrogens is 2. The van der Waals surface area contributed by atoms with Crippen LogP contribution in [-0.2, 0) is 19.0 Å². The second-order valence-corrected chi connectivity index (χ2v) is 12.4. The van der Waals surface area contributed by atoms with Gasteiger partial charge in [0, 0.05) is 36.6 Å². The zero-order chi connectivity index (χ0) is 32.5. The SMILES string of the molecule is CCc1cccc(CC)c1-n1c(C=C(C)C)c(C(=O)N2CCNC[C@@H]2C)cc(-c2nc(-c3ccc(C(F)(F)F)cc3)cs2)c1=O. The molecule has 1 aliphatic rings. The van der Waals surface area contributed by atoms with Crippen LogP contribution < -0.4 is 10.9 Å². The summed E-state index contributed by atoms with van der Waals surface area (Å²) in [6, 6.07) is 12.4. The van der Waals surface area contributed by atoms with Gasteiger partial charge in [0.15, 0.2) is 0 Å². The van der Waals surface area contributed by atoms with Gasteiger partial charge in [-0.2, -0.15) is 13.2 Å². The fourth-order valence-electron chi connectivity index (χ4n) is 5.75. The molecule has 0 unspecified atom stereocenters. The third-order valence-corrected chi connectivity index (χ3v) is 8.96. The van der Waals surface area contributed by atoms with Gasteiger partial charge in [-0.15, -0.1) is 11.3 Å². The quantitative estimate of drug-likeness (QED) is 0.227. The molecule has 5 rings (SSSR count). The lowest BCUT2D eigenvalue weighted by molar-refractivity contribution is -0.137. The summed E-state index contributed by atoms with van der Waals surface area (Å²) < 4.78 is 41.2. The van der Waals surface area contributed by atoms with E-state index in [1.807, 2.05) is 63.8 Å². The van der Waals surface area contributed by atoms with E-state index in [1.165, 1.54) is 23.5 Å². The third-order valence-electron chi connectivity index (χ3n) is 8.09. The molecule has 6 nitrogen and oxygen atoms in total. The Morgan fingerprint density at radius 3 is 2.33 bits per heavy atom. The normalized spacial score (nSPS) is 15.3. The molecule has 236 valence electrons. The highest BCUT2D eigenvalue weighted by Crippen LogP contribution is 2.34. The first-order chi connectivity index (χ1) is 21.4. The molecule has 1 fully saturated rings. The molecular weight excluding hydrogens is 597 g/mol. The van der Waals surface area contributed by atoms with Crippen LogP contribution in [0.4, 0.5) is 13.2 Å². The number of para-hydroxylation sites is 1. The number of hydrogen-bond donors (Lipinski definition) is 1. The van der Waals surface area contributed by atoms with E-state index in [0.717, 1.165) is 34.5 Å². The van der Waals surface area contributed by atoms with Gasteiger partial charge < -0.3 is 10.2 Å². The van der Waals surface area contributed by atoms with Gasteiger partial charge >= 0.3 is 6.18 Å². The molecule has 1 aliphatic heterocycles. The van der Waals surface area contributed by atoms with Crippen LogP contribution in [0.25, 0.3) is 33.6 Å². The van der Waals surface area contributed by atoms with Gasteiger partial charge in [-0.3, -0.25) is 14.2 Å². The largest absolute Gasteiger partial charge is 0.416 e. The Hall–Kier alpha value is -4.02. The summed E-state index contributed by atoms with van der Waals surface area (Å²) in [6.07, 6.45) is -1.18. The molecule has 4 aromatic rings. The lowest BCUT2D eigenvalue weighted by Crippen LogP contribution is -2.52. The van der Waals surface area contributed by atoms with Crippen LogP contribution in [0.5, 0.6) is 0 Å². The van der Waals surface area contributed by atoms with Crippen molar-refractivity contribution in [1.82, 2.24) is 19.8 Å². The van der Waals surface area contributed by atoms with Crippen LogP contribution in [0.15, 0.2) is 64.3 Å². The number of nitrogens with zero attached hydrogens (tertiary/aromatic N) is 3. The van der Waals surface area contributed by atoms with Gasteiger partial charge in [-0.1, -0.05) is 49.8 Å². The van der Waals surface area contributed by atoms with Gasteiger partial charge in [0.25, 0.3) is 11.5 Å². The van der Waals surface area contributed by atoms with Crippen LogP contribution in [-0.4, -0.2) is 46.0 Å². The van der Waals surface area contributed by atoms with E-state index in [1.54, 1.807) is 16.0 Å². The zero-order valence-corrected chi connectivity index (χ0v) is 26.9. The molecule has 0 saturated carbocycles. The lowest BCUT2D eigenvalue weighted by atomic mass is 9.99. The van der Waals surface area contributed by atoms with Crippen molar-refractivity contribution < 1.29 is 18.0 Å². The highest BCUT2D eigenvalue weighted by Gasteiger charge is 2.31. The Labute approximate surface area is 265 Å². The summed E-state index contributed by atoms with van der Waals surface area (Å²) in [5, 5.41) is 5.45. The van der Waals surface area contributed by atoms with Crippen LogP contribution >= 0.6 is 11.3 Å². The van der Waals surface area contributed by atoms with Crippen molar-refractivity contribution in [2.75, 3.05) is 19.6 Å². The Bertz CT molecular complexity index is 1780. The summed E-state index contributed by atoms with van der Waals surface area (Å²) >= 11 is 1.22. The summed E-state index contributed by atoms with van der Waals surface area (Å²) in [6.45, 7) is 11.8. The zero-order valence-electron chi connectivity index (χ0n) is 26.1. The first-order valence-electron chi connectivity index (χ1n) is 15.2. The molecule has 2 aromatic heterocycles. The number of halogens is 3. The highest BCUT2D eigenvalue weighted by atomic mass is 32.1. The maximum absolute atomic E-state index is 14.7. The summed E-state index contributed by atoms with van der Waals surface area (Å²) in [4.78, 5) is 35.6. The number of allylic oxidation sites excluding steroid dienone is 1. The van der Waals surface area contributed by atoms with Crippen molar-refractivity contribution in [2.24, 2.45) is 0 Å². The summed E-state index contributed by atoms with van der Waals surface area (Å²) in [7, 11) is 0. The summed E-state index contributed by atoms with van der Waals surface area (Å²) in [5.41, 5.74) is 4.76. The molecule has 0 bridgehead atoms. The minimum atomic E-state index is -4.44. The molecule has 0 aliphatic carbocycles.